The molecule has 9 nitrogen and oxygen atoms in total. The molecule has 12 heteroatoms. The van der Waals surface area contributed by atoms with Crippen LogP contribution in [-0.4, -0.2) is 41.8 Å². The number of nitrogens with two attached hydrogens (primary N) is 2. The number of hydrazine groups is 1. The highest BCUT2D eigenvalue weighted by Crippen LogP contribution is 2.38. The number of aromatic nitrogens is 2. The summed E-state index contributed by atoms with van der Waals surface area (Å²) < 4.78 is 47.9. The Bertz CT molecular complexity index is 1360. The van der Waals surface area contributed by atoms with E-state index < -0.39 is 17.6 Å². The molecule has 0 atom stereocenters. The zero-order valence-corrected chi connectivity index (χ0v) is 22.1. The maximum Gasteiger partial charge on any atom is 0.416 e. The molecule has 204 valence electrons. The number of rotatable bonds is 8. The number of carbonyl (C=O) groups is 1. The number of alkyl halides is 3. The van der Waals surface area contributed by atoms with Crippen LogP contribution in [0.4, 0.5) is 24.5 Å². The van der Waals surface area contributed by atoms with Gasteiger partial charge in [-0.1, -0.05) is 6.07 Å². The van der Waals surface area contributed by atoms with Crippen LogP contribution in [0.5, 0.6) is 5.75 Å². The first-order valence-electron chi connectivity index (χ1n) is 11.6. The van der Waals surface area contributed by atoms with Crippen LogP contribution in [0, 0.1) is 13.8 Å². The van der Waals surface area contributed by atoms with Gasteiger partial charge in [0.05, 0.1) is 35.9 Å². The Kier molecular flexibility index (Phi) is 8.38. The maximum absolute atomic E-state index is 13.6. The molecular weight excluding hydrogens is 499 g/mol. The van der Waals surface area contributed by atoms with E-state index >= 15 is 0 Å². The molecule has 0 fully saturated rings. The third kappa shape index (κ3) is 6.26. The fourth-order valence-electron chi connectivity index (χ4n) is 3.94. The molecule has 5 N–H and O–H groups in total. The van der Waals surface area contributed by atoms with Crippen molar-refractivity contribution in [2.24, 2.45) is 18.6 Å². The molecule has 0 aliphatic rings. The average molecular weight is 532 g/mol. The number of halogens is 3. The van der Waals surface area contributed by atoms with Gasteiger partial charge in [-0.2, -0.15) is 18.3 Å². The fraction of sp³-hybridized carbons (Fsp3) is 0.308. The van der Waals surface area contributed by atoms with E-state index in [1.807, 2.05) is 6.92 Å². The van der Waals surface area contributed by atoms with Gasteiger partial charge in [0.25, 0.3) is 5.91 Å². The molecule has 0 saturated carbocycles. The predicted molar refractivity (Wildman–Crippen MR) is 141 cm³/mol. The third-order valence-electron chi connectivity index (χ3n) is 6.01. The van der Waals surface area contributed by atoms with Gasteiger partial charge in [-0.25, -0.2) is 5.84 Å². The van der Waals surface area contributed by atoms with E-state index in [1.165, 1.54) is 24.4 Å². The summed E-state index contributed by atoms with van der Waals surface area (Å²) in [5.41, 5.74) is 8.86. The summed E-state index contributed by atoms with van der Waals surface area (Å²) in [4.78, 5) is 14.9. The van der Waals surface area contributed by atoms with Gasteiger partial charge >= 0.3 is 6.18 Å². The van der Waals surface area contributed by atoms with Gasteiger partial charge in [-0.3, -0.25) is 14.5 Å². The second-order valence-corrected chi connectivity index (χ2v) is 9.17. The molecule has 0 radical (unpaired) electrons. The normalized spacial score (nSPS) is 12.1. The first kappa shape index (κ1) is 28.5. The first-order chi connectivity index (χ1) is 17.7. The van der Waals surface area contributed by atoms with E-state index in [0.717, 1.165) is 23.4 Å². The summed E-state index contributed by atoms with van der Waals surface area (Å²) in [6.45, 7) is 3.85. The molecule has 0 spiro atoms. The van der Waals surface area contributed by atoms with Gasteiger partial charge in [0.2, 0.25) is 0 Å². The van der Waals surface area contributed by atoms with Gasteiger partial charge in [-0.05, 0) is 57.8 Å². The van der Waals surface area contributed by atoms with E-state index in [-0.39, 0.29) is 29.1 Å². The second kappa shape index (κ2) is 11.2. The summed E-state index contributed by atoms with van der Waals surface area (Å²) in [7, 11) is 6.58. The molecule has 3 aromatic rings. The number of amides is 1. The Morgan fingerprint density at radius 1 is 1.21 bits per heavy atom. The summed E-state index contributed by atoms with van der Waals surface area (Å²) >= 11 is 0. The Morgan fingerprint density at radius 3 is 2.45 bits per heavy atom. The van der Waals surface area contributed by atoms with Crippen molar-refractivity contribution in [3.63, 3.8) is 0 Å². The largest absolute Gasteiger partial charge is 0.494 e. The maximum atomic E-state index is 13.6. The average Bonchev–Trinajstić information content (AvgIpc) is 3.16. The molecule has 0 unspecified atom stereocenters. The minimum atomic E-state index is -4.61. The number of methoxy groups -OCH3 is 1. The van der Waals surface area contributed by atoms with Crippen molar-refractivity contribution in [2.45, 2.75) is 26.6 Å². The van der Waals surface area contributed by atoms with E-state index in [0.29, 0.717) is 16.9 Å². The number of hydrogen-bond donors (Lipinski definition) is 3. The van der Waals surface area contributed by atoms with E-state index in [9.17, 15) is 18.0 Å². The van der Waals surface area contributed by atoms with E-state index in [1.54, 1.807) is 56.0 Å². The zero-order valence-electron chi connectivity index (χ0n) is 22.1. The molecule has 0 aliphatic carbocycles. The number of benzene rings is 2. The van der Waals surface area contributed by atoms with Crippen LogP contribution in [-0.2, 0) is 19.8 Å². The minimum Gasteiger partial charge on any atom is -0.494 e. The Labute approximate surface area is 219 Å². The highest BCUT2D eigenvalue weighted by Gasteiger charge is 2.33. The predicted octanol–water partition coefficient (Wildman–Crippen LogP) is 4.02. The second-order valence-electron chi connectivity index (χ2n) is 9.17. The number of nitrogens with zero attached hydrogens (tertiary/aromatic N) is 4. The lowest BCUT2D eigenvalue weighted by atomic mass is 10.1. The molecule has 1 heterocycles. The quantitative estimate of drug-likeness (QED) is 0.297. The van der Waals surface area contributed by atoms with Crippen LogP contribution in [0.25, 0.3) is 5.70 Å². The lowest BCUT2D eigenvalue weighted by Crippen LogP contribution is -2.27. The van der Waals surface area contributed by atoms with Crippen molar-refractivity contribution in [1.29, 1.82) is 0 Å². The first-order valence-corrected chi connectivity index (χ1v) is 11.6. The van der Waals surface area contributed by atoms with Crippen LogP contribution in [0.1, 0.15) is 38.3 Å². The molecule has 38 heavy (non-hydrogen) atoms. The summed E-state index contributed by atoms with van der Waals surface area (Å²) in [5, 5.41) is 8.03. The molecule has 0 saturated heterocycles. The summed E-state index contributed by atoms with van der Waals surface area (Å²) in [6.07, 6.45) is -1.47. The zero-order chi connectivity index (χ0) is 28.4. The lowest BCUT2D eigenvalue weighted by molar-refractivity contribution is -0.137. The summed E-state index contributed by atoms with van der Waals surface area (Å²) in [6, 6.07) is 6.65. The molecular formula is C26H32F3N7O2. The molecule has 3 rings (SSSR count). The van der Waals surface area contributed by atoms with E-state index in [2.05, 4.69) is 10.4 Å². The van der Waals surface area contributed by atoms with Gasteiger partial charge in [0, 0.05) is 42.2 Å². The fourth-order valence-corrected chi connectivity index (χ4v) is 3.94. The molecule has 2 aromatic carbocycles. The molecule has 0 bridgehead atoms. The smallest absolute Gasteiger partial charge is 0.416 e. The van der Waals surface area contributed by atoms with Crippen molar-refractivity contribution >= 4 is 23.0 Å². The lowest BCUT2D eigenvalue weighted by Gasteiger charge is -2.21. The van der Waals surface area contributed by atoms with Crippen LogP contribution < -0.4 is 26.6 Å². The minimum absolute atomic E-state index is 0.0907. The number of hydrogen-bond acceptors (Lipinski definition) is 7. The van der Waals surface area contributed by atoms with Crippen molar-refractivity contribution in [3.05, 3.63) is 76.2 Å². The standard InChI is InChI=1S/C26H32F3N7O2/c1-15-7-8-17(10-23(15)36(31)14-21(30)20-12-32-35(5)16(20)2)25(37)33-22-11-19(26(27,28)29)9-18(13-34(3)4)24(22)38-6/h7-12,14H,13,30-31H2,1-6H3,(H,33,37)/b21-14-. The van der Waals surface area contributed by atoms with Gasteiger partial charge in [0.1, 0.15) is 5.75 Å². The Balaban J connectivity index is 1.96. The third-order valence-corrected chi connectivity index (χ3v) is 6.01. The molecule has 1 amide bonds. The monoisotopic (exact) mass is 531 g/mol. The number of carbonyl (C=O) groups excluding carboxylic acids is 1. The number of nitrogens with one attached hydrogen (secondary N) is 1. The number of ether oxygens (including phenoxy) is 1. The van der Waals surface area contributed by atoms with Crippen LogP contribution in [0.15, 0.2) is 42.7 Å². The van der Waals surface area contributed by atoms with Gasteiger partial charge < -0.3 is 20.7 Å². The summed E-state index contributed by atoms with van der Waals surface area (Å²) in [5.74, 6) is 5.78. The highest BCUT2D eigenvalue weighted by molar-refractivity contribution is 6.06. The Morgan fingerprint density at radius 2 is 1.89 bits per heavy atom. The van der Waals surface area contributed by atoms with Crippen LogP contribution >= 0.6 is 0 Å². The highest BCUT2D eigenvalue weighted by atomic mass is 19.4. The SMILES string of the molecule is COc1c(CN(C)C)cc(C(F)(F)F)cc1NC(=O)c1ccc(C)c(N(N)/C=C(\N)c2cnn(C)c2C)c1. The van der Waals surface area contributed by atoms with Crippen LogP contribution in [0.3, 0.4) is 0 Å². The van der Waals surface area contributed by atoms with Crippen molar-refractivity contribution in [2.75, 3.05) is 31.5 Å². The Hall–Kier alpha value is -4.03. The van der Waals surface area contributed by atoms with Gasteiger partial charge in [0.15, 0.2) is 0 Å². The molecule has 1 aromatic heterocycles. The van der Waals surface area contributed by atoms with Crippen molar-refractivity contribution < 1.29 is 22.7 Å². The van der Waals surface area contributed by atoms with Gasteiger partial charge in [-0.15, -0.1) is 0 Å². The van der Waals surface area contributed by atoms with Crippen molar-refractivity contribution in [1.82, 2.24) is 14.7 Å². The number of anilines is 2. The topological polar surface area (TPSA) is 115 Å². The molecule has 0 aliphatic heterocycles. The van der Waals surface area contributed by atoms with Crippen LogP contribution in [0.2, 0.25) is 0 Å². The number of aryl methyl sites for hydroxylation is 2. The van der Waals surface area contributed by atoms with E-state index in [4.69, 9.17) is 16.3 Å². The van der Waals surface area contributed by atoms with Crippen molar-refractivity contribution in [3.8, 4) is 5.75 Å².